The molecule has 5 N–H and O–H groups in total. The monoisotopic (exact) mass is 793 g/mol. The molecule has 0 spiro atoms. The second kappa shape index (κ2) is 38.0. The third-order valence-electron chi connectivity index (χ3n) is 7.97. The lowest BCUT2D eigenvalue weighted by atomic mass is 10.0. The van der Waals surface area contributed by atoms with E-state index in [2.05, 4.69) is 86.8 Å². The summed E-state index contributed by atoms with van der Waals surface area (Å²) in [6.45, 7) is 3.16. The van der Waals surface area contributed by atoms with Crippen LogP contribution in [0, 0.1) is 0 Å². The molecule has 0 aliphatic rings. The molecule has 0 amide bonds. The lowest BCUT2D eigenvalue weighted by Crippen LogP contribution is -2.30. The van der Waals surface area contributed by atoms with Crippen molar-refractivity contribution in [3.8, 4) is 0 Å². The summed E-state index contributed by atoms with van der Waals surface area (Å²) in [5.74, 6) is -1.17. The molecule has 0 aromatic carbocycles. The van der Waals surface area contributed by atoms with E-state index in [0.29, 0.717) is 6.42 Å². The molecule has 11 nitrogen and oxygen atoms in total. The van der Waals surface area contributed by atoms with E-state index in [-0.39, 0.29) is 51.9 Å². The molecule has 0 bridgehead atoms. The Kier molecular flexibility index (Phi) is 36.0. The van der Waals surface area contributed by atoms with Crippen LogP contribution in [0.1, 0.15) is 129 Å². The van der Waals surface area contributed by atoms with Gasteiger partial charge in [-0.05, 0) is 89.9 Å². The third kappa shape index (κ3) is 36.5. The number of esters is 2. The van der Waals surface area contributed by atoms with Gasteiger partial charge in [0.15, 0.2) is 6.10 Å². The average Bonchev–Trinajstić information content (AvgIpc) is 3.16. The lowest BCUT2D eigenvalue weighted by molar-refractivity contribution is -0.161. The molecule has 0 aromatic heterocycles. The van der Waals surface area contributed by atoms with Crippen molar-refractivity contribution >= 4 is 19.8 Å². The van der Waals surface area contributed by atoms with Crippen molar-refractivity contribution in [2.75, 3.05) is 26.4 Å². The van der Waals surface area contributed by atoms with Gasteiger partial charge >= 0.3 is 19.8 Å². The maximum Gasteiger partial charge on any atom is 0.472 e. The first kappa shape index (κ1) is 52.1. The third-order valence-corrected chi connectivity index (χ3v) is 8.95. The van der Waals surface area contributed by atoms with Crippen LogP contribution in [0.4, 0.5) is 0 Å². The molecule has 4 atom stereocenters. The minimum atomic E-state index is -4.47. The van der Waals surface area contributed by atoms with Crippen LogP contribution in [0.15, 0.2) is 85.1 Å². The molecule has 0 aliphatic carbocycles. The summed E-state index contributed by atoms with van der Waals surface area (Å²) < 4.78 is 32.5. The Morgan fingerprint density at radius 2 is 1.16 bits per heavy atom. The first-order valence-corrected chi connectivity index (χ1v) is 21.7. The van der Waals surface area contributed by atoms with Crippen molar-refractivity contribution in [1.82, 2.24) is 0 Å². The zero-order valence-corrected chi connectivity index (χ0v) is 34.5. The highest BCUT2D eigenvalue weighted by Gasteiger charge is 2.26. The zero-order chi connectivity index (χ0) is 40.7. The van der Waals surface area contributed by atoms with Crippen molar-refractivity contribution in [3.05, 3.63) is 85.1 Å². The summed E-state index contributed by atoms with van der Waals surface area (Å²) in [6, 6.07) is 0. The van der Waals surface area contributed by atoms with Crippen molar-refractivity contribution in [3.63, 3.8) is 0 Å². The van der Waals surface area contributed by atoms with Crippen molar-refractivity contribution < 1.29 is 47.8 Å². The van der Waals surface area contributed by atoms with Gasteiger partial charge in [-0.15, -0.1) is 0 Å². The van der Waals surface area contributed by atoms with E-state index in [4.69, 9.17) is 24.3 Å². The number of phosphoric acid groups is 1. The molecule has 0 aliphatic heterocycles. The van der Waals surface area contributed by atoms with Gasteiger partial charge in [0, 0.05) is 19.4 Å². The minimum Gasteiger partial charge on any atom is -0.462 e. The predicted molar refractivity (Wildman–Crippen MR) is 222 cm³/mol. The summed E-state index contributed by atoms with van der Waals surface area (Å²) >= 11 is 0. The number of carbonyl (C=O) groups is 2. The summed E-state index contributed by atoms with van der Waals surface area (Å²) in [7, 11) is -4.47. The van der Waals surface area contributed by atoms with E-state index < -0.39 is 44.7 Å². The number of carbonyl (C=O) groups excluding carboxylic acids is 2. The van der Waals surface area contributed by atoms with Gasteiger partial charge in [-0.3, -0.25) is 18.6 Å². The van der Waals surface area contributed by atoms with E-state index in [9.17, 15) is 29.3 Å². The fourth-order valence-corrected chi connectivity index (χ4v) is 5.61. The van der Waals surface area contributed by atoms with Gasteiger partial charge in [-0.25, -0.2) is 4.57 Å². The van der Waals surface area contributed by atoms with Gasteiger partial charge in [0.2, 0.25) is 0 Å². The number of aliphatic hydroxyl groups is 2. The molecule has 0 saturated carbocycles. The van der Waals surface area contributed by atoms with Gasteiger partial charge in [0.1, 0.15) is 6.61 Å². The Morgan fingerprint density at radius 1 is 0.636 bits per heavy atom. The number of unbranched alkanes of at least 4 members (excludes halogenated alkanes) is 5. The molecule has 0 saturated heterocycles. The van der Waals surface area contributed by atoms with Crippen LogP contribution in [0.3, 0.4) is 0 Å². The number of nitrogens with two attached hydrogens (primary N) is 1. The molecule has 0 radical (unpaired) electrons. The number of rotatable bonds is 36. The van der Waals surface area contributed by atoms with E-state index in [1.807, 2.05) is 12.2 Å². The molecular weight excluding hydrogens is 721 g/mol. The Hall–Kier alpha value is -2.89. The topological polar surface area (TPSA) is 175 Å². The summed E-state index contributed by atoms with van der Waals surface area (Å²) in [5.41, 5.74) is 5.32. The molecule has 0 heterocycles. The highest BCUT2D eigenvalue weighted by Crippen LogP contribution is 2.43. The number of hydrogen-bond acceptors (Lipinski definition) is 10. The van der Waals surface area contributed by atoms with Gasteiger partial charge < -0.3 is 30.3 Å². The van der Waals surface area contributed by atoms with Crippen LogP contribution in [-0.4, -0.2) is 71.7 Å². The van der Waals surface area contributed by atoms with Crippen LogP contribution in [0.2, 0.25) is 0 Å². The second-order valence-electron chi connectivity index (χ2n) is 13.1. The molecular formula is C43H72NO10P. The number of ether oxygens (including phenoxy) is 2. The number of allylic oxidation sites excluding steroid dienone is 13. The quantitative estimate of drug-likeness (QED) is 0.0206. The van der Waals surface area contributed by atoms with Crippen molar-refractivity contribution in [1.29, 1.82) is 0 Å². The zero-order valence-electron chi connectivity index (χ0n) is 33.6. The van der Waals surface area contributed by atoms with Gasteiger partial charge in [-0.2, -0.15) is 0 Å². The average molecular weight is 794 g/mol. The number of hydrogen-bond donors (Lipinski definition) is 4. The lowest BCUT2D eigenvalue weighted by Gasteiger charge is -2.20. The number of aliphatic hydroxyl groups excluding tert-OH is 2. The second-order valence-corrected chi connectivity index (χ2v) is 14.5. The van der Waals surface area contributed by atoms with Gasteiger partial charge in [-0.1, -0.05) is 112 Å². The summed E-state index contributed by atoms with van der Waals surface area (Å²) in [4.78, 5) is 34.8. The molecule has 0 rings (SSSR count). The van der Waals surface area contributed by atoms with Crippen molar-refractivity contribution in [2.45, 2.75) is 148 Å². The molecule has 12 heteroatoms. The minimum absolute atomic E-state index is 0.00222. The Labute approximate surface area is 331 Å². The predicted octanol–water partition coefficient (Wildman–Crippen LogP) is 9.21. The maximum absolute atomic E-state index is 12.6. The largest absolute Gasteiger partial charge is 0.472 e. The van der Waals surface area contributed by atoms with Gasteiger partial charge in [0.25, 0.3) is 0 Å². The molecule has 55 heavy (non-hydrogen) atoms. The van der Waals surface area contributed by atoms with E-state index in [1.54, 1.807) is 0 Å². The van der Waals surface area contributed by atoms with Crippen LogP contribution in [-0.2, 0) is 32.7 Å². The van der Waals surface area contributed by atoms with Crippen LogP contribution >= 0.6 is 7.82 Å². The molecule has 0 aromatic rings. The Bertz CT molecular complexity index is 1210. The van der Waals surface area contributed by atoms with E-state index >= 15 is 0 Å². The molecule has 0 fully saturated rings. The normalized spacial score (nSPS) is 15.4. The Morgan fingerprint density at radius 3 is 1.73 bits per heavy atom. The highest BCUT2D eigenvalue weighted by atomic mass is 31.2. The SMILES string of the molecule is CC/C=C\C/C=C\C/C=C\C/C=C\CCCCC(=O)OC[C@H](COP(=O)(O)OCCN)OC(=O)CCCC(O)C(O)C/C=C\C/C=C\C/C=C\CCCCC. The smallest absolute Gasteiger partial charge is 0.462 e. The van der Waals surface area contributed by atoms with E-state index in [1.165, 1.54) is 19.3 Å². The van der Waals surface area contributed by atoms with Crippen molar-refractivity contribution in [2.24, 2.45) is 5.73 Å². The molecule has 3 unspecified atom stereocenters. The van der Waals surface area contributed by atoms with E-state index in [0.717, 1.165) is 57.8 Å². The standard InChI is InChI=1S/C43H72NO10P/c1-3-5-7-9-11-13-15-17-18-19-21-23-25-27-29-33-42(47)51-37-39(38-53-55(49,50)52-36-35-44)54-43(48)34-30-32-41(46)40(45)31-28-26-24-22-20-16-14-12-10-8-6-4-2/h5,7,11-14,17-18,20-23,26,28,39-41,45-46H,3-4,6,8-10,15-16,19,24-25,27,29-38,44H2,1-2H3,(H,49,50)/b7-5-,13-11-,14-12-,18-17-,22-20-,23-21-,28-26-/t39-,40?,41?/m1/s1. The first-order valence-electron chi connectivity index (χ1n) is 20.2. The highest BCUT2D eigenvalue weighted by molar-refractivity contribution is 7.47. The van der Waals surface area contributed by atoms with Crippen LogP contribution in [0.25, 0.3) is 0 Å². The number of phosphoric ester groups is 1. The van der Waals surface area contributed by atoms with Crippen LogP contribution < -0.4 is 5.73 Å². The fourth-order valence-electron chi connectivity index (χ4n) is 4.84. The van der Waals surface area contributed by atoms with Crippen LogP contribution in [0.5, 0.6) is 0 Å². The summed E-state index contributed by atoms with van der Waals surface area (Å²) in [6.07, 6.45) is 39.3. The summed E-state index contributed by atoms with van der Waals surface area (Å²) in [5, 5.41) is 20.7. The first-order chi connectivity index (χ1) is 26.6. The van der Waals surface area contributed by atoms with Gasteiger partial charge in [0.05, 0.1) is 25.4 Å². The fraction of sp³-hybridized carbons (Fsp3) is 0.628. The Balaban J connectivity index is 4.54. The maximum atomic E-state index is 12.6. The molecule has 314 valence electrons.